The van der Waals surface area contributed by atoms with Crippen LogP contribution in [0.2, 0.25) is 0 Å². The second-order valence-electron chi connectivity index (χ2n) is 7.27. The van der Waals surface area contributed by atoms with Crippen molar-refractivity contribution in [3.05, 3.63) is 0 Å². The lowest BCUT2D eigenvalue weighted by atomic mass is 10.0. The summed E-state index contributed by atoms with van der Waals surface area (Å²) < 4.78 is 5.51. The summed E-state index contributed by atoms with van der Waals surface area (Å²) >= 11 is 0. The van der Waals surface area contributed by atoms with Crippen molar-refractivity contribution in [2.75, 3.05) is 13.2 Å². The van der Waals surface area contributed by atoms with Gasteiger partial charge in [-0.05, 0) is 12.8 Å². The summed E-state index contributed by atoms with van der Waals surface area (Å²) in [5, 5.41) is 0. The van der Waals surface area contributed by atoms with Gasteiger partial charge < -0.3 is 4.74 Å². The zero-order valence-electron chi connectivity index (χ0n) is 16.6. The lowest BCUT2D eigenvalue weighted by molar-refractivity contribution is 0.130. The van der Waals surface area contributed by atoms with Crippen LogP contribution in [0.3, 0.4) is 0 Å². The van der Waals surface area contributed by atoms with E-state index in [1.54, 1.807) is 0 Å². The molecule has 0 spiro atoms. The molecule has 0 unspecified atom stereocenters. The molecule has 0 amide bonds. The third-order valence-electron chi connectivity index (χ3n) is 4.74. The first-order valence-electron chi connectivity index (χ1n) is 11.0. The van der Waals surface area contributed by atoms with Crippen molar-refractivity contribution in [3.8, 4) is 0 Å². The van der Waals surface area contributed by atoms with E-state index in [1.165, 1.54) is 109 Å². The van der Waals surface area contributed by atoms with Crippen LogP contribution in [-0.2, 0) is 4.74 Å². The molecule has 0 aromatic rings. The fourth-order valence-corrected chi connectivity index (χ4v) is 3.18. The second kappa shape index (κ2) is 22.0. The average molecular weight is 327 g/mol. The quantitative estimate of drug-likeness (QED) is 0.205. The van der Waals surface area contributed by atoms with Crippen molar-refractivity contribution in [2.45, 2.75) is 129 Å². The molecule has 0 rings (SSSR count). The van der Waals surface area contributed by atoms with Gasteiger partial charge in [-0.3, -0.25) is 0 Å². The van der Waals surface area contributed by atoms with Crippen LogP contribution in [0.15, 0.2) is 0 Å². The minimum atomic E-state index is 0.943. The highest BCUT2D eigenvalue weighted by molar-refractivity contribution is 4.50. The SMILES string of the molecule is CCCCCCCCCCCCCCCCCCCOCCC. The Morgan fingerprint density at radius 3 is 1.04 bits per heavy atom. The van der Waals surface area contributed by atoms with Crippen LogP contribution in [0.5, 0.6) is 0 Å². The molecule has 140 valence electrons. The van der Waals surface area contributed by atoms with E-state index in [1.807, 2.05) is 0 Å². The molecular weight excluding hydrogens is 280 g/mol. The number of unbranched alkanes of at least 4 members (excludes halogenated alkanes) is 16. The van der Waals surface area contributed by atoms with Crippen LogP contribution in [0.25, 0.3) is 0 Å². The molecule has 0 aliphatic heterocycles. The van der Waals surface area contributed by atoms with Gasteiger partial charge in [0.25, 0.3) is 0 Å². The molecule has 0 radical (unpaired) electrons. The Kier molecular flexibility index (Phi) is 21.9. The largest absolute Gasteiger partial charge is 0.381 e. The Bertz CT molecular complexity index is 170. The van der Waals surface area contributed by atoms with E-state index in [4.69, 9.17) is 4.74 Å². The van der Waals surface area contributed by atoms with Crippen LogP contribution in [0.1, 0.15) is 129 Å². The summed E-state index contributed by atoms with van der Waals surface area (Å²) in [6.45, 7) is 6.39. The van der Waals surface area contributed by atoms with Gasteiger partial charge in [-0.1, -0.05) is 117 Å². The summed E-state index contributed by atoms with van der Waals surface area (Å²) in [6.07, 6.45) is 25.6. The van der Waals surface area contributed by atoms with Crippen molar-refractivity contribution in [1.29, 1.82) is 0 Å². The van der Waals surface area contributed by atoms with E-state index in [9.17, 15) is 0 Å². The van der Waals surface area contributed by atoms with Crippen LogP contribution < -0.4 is 0 Å². The molecule has 1 nitrogen and oxygen atoms in total. The molecule has 23 heavy (non-hydrogen) atoms. The first-order valence-corrected chi connectivity index (χ1v) is 11.0. The topological polar surface area (TPSA) is 9.23 Å². The number of rotatable bonds is 20. The molecule has 0 aliphatic rings. The highest BCUT2D eigenvalue weighted by atomic mass is 16.5. The van der Waals surface area contributed by atoms with Crippen molar-refractivity contribution in [1.82, 2.24) is 0 Å². The lowest BCUT2D eigenvalue weighted by Crippen LogP contribution is -1.95. The number of hydrogen-bond acceptors (Lipinski definition) is 1. The van der Waals surface area contributed by atoms with Crippen LogP contribution in [-0.4, -0.2) is 13.2 Å². The van der Waals surface area contributed by atoms with Gasteiger partial charge in [-0.25, -0.2) is 0 Å². The monoisotopic (exact) mass is 326 g/mol. The van der Waals surface area contributed by atoms with Crippen LogP contribution in [0.4, 0.5) is 0 Å². The Morgan fingerprint density at radius 1 is 0.348 bits per heavy atom. The Balaban J connectivity index is 2.92. The minimum absolute atomic E-state index is 0.943. The summed E-state index contributed by atoms with van der Waals surface area (Å²) in [7, 11) is 0. The predicted octanol–water partition coefficient (Wildman–Crippen LogP) is 8.06. The standard InChI is InChI=1S/C22H46O/c1-3-5-6-7-8-9-10-11-12-13-14-15-16-17-18-19-20-22-23-21-4-2/h3-22H2,1-2H3. The maximum Gasteiger partial charge on any atom is 0.0466 e. The maximum absolute atomic E-state index is 5.51. The van der Waals surface area contributed by atoms with Crippen LogP contribution >= 0.6 is 0 Å². The van der Waals surface area contributed by atoms with E-state index in [2.05, 4.69) is 13.8 Å². The van der Waals surface area contributed by atoms with Crippen molar-refractivity contribution < 1.29 is 4.74 Å². The maximum atomic E-state index is 5.51. The molecule has 1 heteroatoms. The number of hydrogen-bond donors (Lipinski definition) is 0. The first kappa shape index (κ1) is 23.0. The summed E-state index contributed by atoms with van der Waals surface area (Å²) in [5.74, 6) is 0. The van der Waals surface area contributed by atoms with Gasteiger partial charge >= 0.3 is 0 Å². The second-order valence-corrected chi connectivity index (χ2v) is 7.27. The molecule has 0 N–H and O–H groups in total. The minimum Gasteiger partial charge on any atom is -0.381 e. The van der Waals surface area contributed by atoms with Crippen LogP contribution in [0, 0.1) is 0 Å². The molecule has 0 saturated carbocycles. The van der Waals surface area contributed by atoms with Gasteiger partial charge in [0, 0.05) is 13.2 Å². The fraction of sp³-hybridized carbons (Fsp3) is 1.00. The molecule has 0 saturated heterocycles. The third kappa shape index (κ3) is 22.0. The number of ether oxygens (including phenoxy) is 1. The average Bonchev–Trinajstić information content (AvgIpc) is 2.57. The van der Waals surface area contributed by atoms with Gasteiger partial charge in [0.2, 0.25) is 0 Å². The summed E-state index contributed by atoms with van der Waals surface area (Å²) in [5.41, 5.74) is 0. The van der Waals surface area contributed by atoms with Crippen molar-refractivity contribution in [3.63, 3.8) is 0 Å². The highest BCUT2D eigenvalue weighted by Gasteiger charge is 1.95. The molecule has 0 heterocycles. The molecule has 0 aromatic carbocycles. The molecule has 0 aromatic heterocycles. The molecule has 0 aliphatic carbocycles. The smallest absolute Gasteiger partial charge is 0.0466 e. The highest BCUT2D eigenvalue weighted by Crippen LogP contribution is 2.13. The Hall–Kier alpha value is -0.0400. The van der Waals surface area contributed by atoms with Crippen molar-refractivity contribution >= 4 is 0 Å². The predicted molar refractivity (Wildman–Crippen MR) is 105 cm³/mol. The molecule has 0 bridgehead atoms. The summed E-state index contributed by atoms with van der Waals surface area (Å²) in [6, 6.07) is 0. The van der Waals surface area contributed by atoms with E-state index < -0.39 is 0 Å². The normalized spacial score (nSPS) is 11.2. The van der Waals surface area contributed by atoms with Gasteiger partial charge in [0.15, 0.2) is 0 Å². The van der Waals surface area contributed by atoms with Gasteiger partial charge in [-0.15, -0.1) is 0 Å². The first-order chi connectivity index (χ1) is 11.4. The van der Waals surface area contributed by atoms with Gasteiger partial charge in [0.05, 0.1) is 0 Å². The molecule has 0 fully saturated rings. The fourth-order valence-electron chi connectivity index (χ4n) is 3.18. The van der Waals surface area contributed by atoms with E-state index in [-0.39, 0.29) is 0 Å². The van der Waals surface area contributed by atoms with E-state index in [0.717, 1.165) is 19.6 Å². The lowest BCUT2D eigenvalue weighted by Gasteiger charge is -2.04. The summed E-state index contributed by atoms with van der Waals surface area (Å²) in [4.78, 5) is 0. The van der Waals surface area contributed by atoms with Crippen molar-refractivity contribution in [2.24, 2.45) is 0 Å². The van der Waals surface area contributed by atoms with Gasteiger partial charge in [-0.2, -0.15) is 0 Å². The Morgan fingerprint density at radius 2 is 0.696 bits per heavy atom. The zero-order valence-corrected chi connectivity index (χ0v) is 16.6. The molecular formula is C22H46O. The van der Waals surface area contributed by atoms with E-state index >= 15 is 0 Å². The third-order valence-corrected chi connectivity index (χ3v) is 4.74. The zero-order chi connectivity index (χ0) is 16.8. The molecule has 0 atom stereocenters. The Labute approximate surface area is 148 Å². The van der Waals surface area contributed by atoms with E-state index in [0.29, 0.717) is 0 Å². The van der Waals surface area contributed by atoms with Gasteiger partial charge in [0.1, 0.15) is 0 Å².